The zero-order chi connectivity index (χ0) is 15.3. The Labute approximate surface area is 135 Å². The van der Waals surface area contributed by atoms with Crippen molar-refractivity contribution in [2.75, 3.05) is 26.9 Å². The van der Waals surface area contributed by atoms with E-state index in [9.17, 15) is 0 Å². The van der Waals surface area contributed by atoms with E-state index in [2.05, 4.69) is 44.9 Å². The Kier molecular flexibility index (Phi) is 6.22. The lowest BCUT2D eigenvalue weighted by molar-refractivity contribution is -0.113. The van der Waals surface area contributed by atoms with Gasteiger partial charge in [-0.15, -0.1) is 0 Å². The van der Waals surface area contributed by atoms with Crippen molar-refractivity contribution in [3.8, 4) is 0 Å². The van der Waals surface area contributed by atoms with Gasteiger partial charge in [0.15, 0.2) is 0 Å². The molecule has 21 heavy (non-hydrogen) atoms. The molecule has 1 aromatic rings. The van der Waals surface area contributed by atoms with Crippen LogP contribution in [0.1, 0.15) is 44.8 Å². The van der Waals surface area contributed by atoms with Gasteiger partial charge >= 0.3 is 0 Å². The molecule has 120 valence electrons. The second-order valence-electron chi connectivity index (χ2n) is 5.47. The van der Waals surface area contributed by atoms with Crippen LogP contribution >= 0.6 is 15.9 Å². The van der Waals surface area contributed by atoms with Crippen LogP contribution in [0.15, 0.2) is 10.7 Å². The molecule has 1 aliphatic rings. The van der Waals surface area contributed by atoms with Crippen LogP contribution in [0.2, 0.25) is 0 Å². The lowest BCUT2D eigenvalue weighted by Gasteiger charge is -2.42. The standard InChI is InChI=1S/C15H26BrN3O2/c1-4-8-19-13(12(16)11-18-19)14(17-5-2)15(20-3)6-9-21-10-7-15/h11,14,17H,4-10H2,1-3H3. The fourth-order valence-electron chi connectivity index (χ4n) is 3.11. The van der Waals surface area contributed by atoms with Crippen molar-refractivity contribution in [3.05, 3.63) is 16.4 Å². The summed E-state index contributed by atoms with van der Waals surface area (Å²) >= 11 is 3.67. The summed E-state index contributed by atoms with van der Waals surface area (Å²) in [5.41, 5.74) is 0.949. The third-order valence-corrected chi connectivity index (χ3v) is 4.83. The number of hydrogen-bond acceptors (Lipinski definition) is 4. The molecule has 0 aromatic carbocycles. The number of rotatable bonds is 7. The molecular formula is C15H26BrN3O2. The number of aryl methyl sites for hydroxylation is 1. The lowest BCUT2D eigenvalue weighted by Crippen LogP contribution is -2.50. The Morgan fingerprint density at radius 3 is 2.76 bits per heavy atom. The first-order valence-corrected chi connectivity index (χ1v) is 8.55. The SMILES string of the molecule is CCCn1ncc(Br)c1C(NCC)C1(OC)CCOCC1. The average Bonchev–Trinajstić information content (AvgIpc) is 2.87. The van der Waals surface area contributed by atoms with Gasteiger partial charge in [-0.25, -0.2) is 0 Å². The van der Waals surface area contributed by atoms with E-state index in [4.69, 9.17) is 9.47 Å². The van der Waals surface area contributed by atoms with E-state index in [1.54, 1.807) is 0 Å². The molecule has 2 rings (SSSR count). The molecule has 6 heteroatoms. The number of aromatic nitrogens is 2. The largest absolute Gasteiger partial charge is 0.381 e. The molecule has 1 atom stereocenters. The Hall–Kier alpha value is -0.430. The highest BCUT2D eigenvalue weighted by atomic mass is 79.9. The zero-order valence-electron chi connectivity index (χ0n) is 13.2. The van der Waals surface area contributed by atoms with Crippen molar-refractivity contribution in [1.29, 1.82) is 0 Å². The van der Waals surface area contributed by atoms with Gasteiger partial charge in [0.25, 0.3) is 0 Å². The predicted octanol–water partition coefficient (Wildman–Crippen LogP) is 2.90. The molecule has 0 spiro atoms. The molecule has 1 saturated heterocycles. The molecule has 0 aliphatic carbocycles. The van der Waals surface area contributed by atoms with Crippen molar-refractivity contribution in [2.24, 2.45) is 0 Å². The van der Waals surface area contributed by atoms with E-state index < -0.39 is 0 Å². The van der Waals surface area contributed by atoms with E-state index in [0.717, 1.165) is 50.0 Å². The summed E-state index contributed by atoms with van der Waals surface area (Å²) in [5, 5.41) is 8.13. The number of nitrogens with zero attached hydrogens (tertiary/aromatic N) is 2. The van der Waals surface area contributed by atoms with Gasteiger partial charge in [-0.1, -0.05) is 13.8 Å². The summed E-state index contributed by atoms with van der Waals surface area (Å²) in [5.74, 6) is 0. The molecule has 1 N–H and O–H groups in total. The van der Waals surface area contributed by atoms with E-state index in [-0.39, 0.29) is 11.6 Å². The minimum atomic E-state index is -0.234. The van der Waals surface area contributed by atoms with E-state index >= 15 is 0 Å². The second kappa shape index (κ2) is 7.72. The molecule has 1 aromatic heterocycles. The maximum atomic E-state index is 6.00. The van der Waals surface area contributed by atoms with Crippen molar-refractivity contribution < 1.29 is 9.47 Å². The fraction of sp³-hybridized carbons (Fsp3) is 0.800. The van der Waals surface area contributed by atoms with E-state index in [0.29, 0.717) is 0 Å². The van der Waals surface area contributed by atoms with E-state index in [1.807, 2.05) is 13.3 Å². The first kappa shape index (κ1) is 16.9. The van der Waals surface area contributed by atoms with Gasteiger partial charge in [0.2, 0.25) is 0 Å². The van der Waals surface area contributed by atoms with Crippen LogP contribution in [-0.4, -0.2) is 42.2 Å². The quantitative estimate of drug-likeness (QED) is 0.812. The monoisotopic (exact) mass is 359 g/mol. The van der Waals surface area contributed by atoms with Gasteiger partial charge in [-0.05, 0) is 28.9 Å². The van der Waals surface area contributed by atoms with Crippen LogP contribution in [0.3, 0.4) is 0 Å². The van der Waals surface area contributed by atoms with Crippen molar-refractivity contribution in [2.45, 2.75) is 51.3 Å². The first-order valence-electron chi connectivity index (χ1n) is 7.76. The van der Waals surface area contributed by atoms with Gasteiger partial charge in [-0.3, -0.25) is 4.68 Å². The van der Waals surface area contributed by atoms with Crippen LogP contribution in [0, 0.1) is 0 Å². The fourth-order valence-corrected chi connectivity index (χ4v) is 3.64. The highest BCUT2D eigenvalue weighted by Gasteiger charge is 2.43. The van der Waals surface area contributed by atoms with Crippen LogP contribution in [-0.2, 0) is 16.0 Å². The smallest absolute Gasteiger partial charge is 0.0931 e. The Morgan fingerprint density at radius 1 is 1.48 bits per heavy atom. The molecular weight excluding hydrogens is 334 g/mol. The molecule has 0 bridgehead atoms. The van der Waals surface area contributed by atoms with Gasteiger partial charge in [0, 0.05) is 39.7 Å². The van der Waals surface area contributed by atoms with Crippen molar-refractivity contribution >= 4 is 15.9 Å². The normalized spacial score (nSPS) is 19.6. The number of nitrogens with one attached hydrogen (secondary N) is 1. The Bertz CT molecular complexity index is 444. The van der Waals surface area contributed by atoms with Crippen molar-refractivity contribution in [1.82, 2.24) is 15.1 Å². The first-order chi connectivity index (χ1) is 10.2. The molecule has 1 unspecified atom stereocenters. The predicted molar refractivity (Wildman–Crippen MR) is 86.4 cm³/mol. The third-order valence-electron chi connectivity index (χ3n) is 4.22. The minimum absolute atomic E-state index is 0.111. The highest BCUT2D eigenvalue weighted by Crippen LogP contribution is 2.39. The molecule has 1 aliphatic heterocycles. The number of methoxy groups -OCH3 is 1. The van der Waals surface area contributed by atoms with Crippen LogP contribution in [0.5, 0.6) is 0 Å². The molecule has 0 radical (unpaired) electrons. The van der Waals surface area contributed by atoms with Crippen molar-refractivity contribution in [3.63, 3.8) is 0 Å². The second-order valence-corrected chi connectivity index (χ2v) is 6.33. The molecule has 2 heterocycles. The molecule has 0 saturated carbocycles. The number of halogens is 1. The van der Waals surface area contributed by atoms with Gasteiger partial charge in [0.05, 0.1) is 28.0 Å². The van der Waals surface area contributed by atoms with Gasteiger partial charge in [-0.2, -0.15) is 5.10 Å². The maximum absolute atomic E-state index is 6.00. The topological polar surface area (TPSA) is 48.3 Å². The third kappa shape index (κ3) is 3.50. The van der Waals surface area contributed by atoms with Crippen LogP contribution < -0.4 is 5.32 Å². The minimum Gasteiger partial charge on any atom is -0.381 e. The van der Waals surface area contributed by atoms with Gasteiger partial charge in [0.1, 0.15) is 0 Å². The number of ether oxygens (including phenoxy) is 2. The number of likely N-dealkylation sites (N-methyl/N-ethyl adjacent to an activating group) is 1. The lowest BCUT2D eigenvalue weighted by atomic mass is 9.84. The summed E-state index contributed by atoms with van der Waals surface area (Å²) in [6, 6.07) is 0.111. The molecule has 1 fully saturated rings. The highest BCUT2D eigenvalue weighted by molar-refractivity contribution is 9.10. The summed E-state index contributed by atoms with van der Waals surface area (Å²) < 4.78 is 14.7. The molecule has 0 amide bonds. The van der Waals surface area contributed by atoms with E-state index in [1.165, 1.54) is 5.69 Å². The molecule has 5 nitrogen and oxygen atoms in total. The Morgan fingerprint density at radius 2 is 2.19 bits per heavy atom. The van der Waals surface area contributed by atoms with Crippen LogP contribution in [0.4, 0.5) is 0 Å². The Balaban J connectivity index is 2.39. The summed E-state index contributed by atoms with van der Waals surface area (Å²) in [4.78, 5) is 0. The zero-order valence-corrected chi connectivity index (χ0v) is 14.8. The van der Waals surface area contributed by atoms with Gasteiger partial charge < -0.3 is 14.8 Å². The summed E-state index contributed by atoms with van der Waals surface area (Å²) in [7, 11) is 1.81. The van der Waals surface area contributed by atoms with Crippen LogP contribution in [0.25, 0.3) is 0 Å². The summed E-state index contributed by atoms with van der Waals surface area (Å²) in [6.45, 7) is 7.59. The average molecular weight is 360 g/mol. The maximum Gasteiger partial charge on any atom is 0.0931 e. The number of hydrogen-bond donors (Lipinski definition) is 1. The summed E-state index contributed by atoms with van der Waals surface area (Å²) in [6.07, 6.45) is 4.73.